The first kappa shape index (κ1) is 22.4. The smallest absolute Gasteiger partial charge is 0.284 e. The van der Waals surface area contributed by atoms with Crippen molar-refractivity contribution >= 4 is 27.5 Å². The molecule has 0 radical (unpaired) electrons. The maximum atomic E-state index is 12.9. The quantitative estimate of drug-likeness (QED) is 0.380. The van der Waals surface area contributed by atoms with Crippen LogP contribution in [0.3, 0.4) is 0 Å². The van der Waals surface area contributed by atoms with E-state index in [4.69, 9.17) is 0 Å². The van der Waals surface area contributed by atoms with E-state index >= 15 is 0 Å². The van der Waals surface area contributed by atoms with Gasteiger partial charge in [0.25, 0.3) is 5.69 Å². The molecule has 1 aliphatic rings. The molecule has 0 atom stereocenters. The van der Waals surface area contributed by atoms with E-state index in [1.807, 2.05) is 37.4 Å². The normalized spacial score (nSPS) is 15.0. The van der Waals surface area contributed by atoms with Crippen molar-refractivity contribution in [2.75, 3.05) is 13.1 Å². The molecule has 1 aromatic heterocycles. The Hall–Kier alpha value is -2.76. The van der Waals surface area contributed by atoms with Crippen LogP contribution in [-0.2, 0) is 23.5 Å². The predicted octanol–water partition coefficient (Wildman–Crippen LogP) is 3.64. The van der Waals surface area contributed by atoms with Gasteiger partial charge in [-0.1, -0.05) is 36.8 Å². The molecule has 2 heterocycles. The molecule has 1 fully saturated rings. The lowest BCUT2D eigenvalue weighted by atomic mass is 10.1. The molecule has 4 rings (SSSR count). The summed E-state index contributed by atoms with van der Waals surface area (Å²) in [5.74, 6) is 0.727. The van der Waals surface area contributed by atoms with Crippen molar-refractivity contribution < 1.29 is 13.3 Å². The molecular formula is C21H23N5O4S2. The maximum Gasteiger partial charge on any atom is 0.284 e. The minimum Gasteiger partial charge on any atom is -0.309 e. The number of piperidine rings is 1. The van der Waals surface area contributed by atoms with Gasteiger partial charge in [-0.25, -0.2) is 8.42 Å². The van der Waals surface area contributed by atoms with Crippen LogP contribution in [-0.4, -0.2) is 45.5 Å². The van der Waals surface area contributed by atoms with Crippen LogP contribution >= 0.6 is 11.8 Å². The van der Waals surface area contributed by atoms with Crippen molar-refractivity contribution in [3.8, 4) is 0 Å². The second-order valence-corrected chi connectivity index (χ2v) is 10.5. The molecule has 1 saturated heterocycles. The summed E-state index contributed by atoms with van der Waals surface area (Å²) in [5, 5.41) is 20.6. The van der Waals surface area contributed by atoms with Crippen LogP contribution in [0.5, 0.6) is 0 Å². The second-order valence-electron chi connectivity index (χ2n) is 7.57. The van der Waals surface area contributed by atoms with Gasteiger partial charge in [0.05, 0.1) is 14.7 Å². The molecule has 0 saturated carbocycles. The molecule has 11 heteroatoms. The number of aromatic nitrogens is 3. The molecule has 0 amide bonds. The molecule has 1 aliphatic heterocycles. The summed E-state index contributed by atoms with van der Waals surface area (Å²) >= 11 is 1.09. The van der Waals surface area contributed by atoms with Crippen LogP contribution in [0.15, 0.2) is 63.5 Å². The minimum atomic E-state index is -3.76. The second kappa shape index (κ2) is 9.39. The molecule has 0 spiro atoms. The highest BCUT2D eigenvalue weighted by atomic mass is 32.2. The van der Waals surface area contributed by atoms with Crippen LogP contribution in [0.4, 0.5) is 5.69 Å². The third kappa shape index (κ3) is 4.69. The molecule has 0 unspecified atom stereocenters. The predicted molar refractivity (Wildman–Crippen MR) is 120 cm³/mol. The largest absolute Gasteiger partial charge is 0.309 e. The van der Waals surface area contributed by atoms with Crippen LogP contribution in [0, 0.1) is 10.1 Å². The van der Waals surface area contributed by atoms with Crippen molar-refractivity contribution in [3.63, 3.8) is 0 Å². The molecule has 9 nitrogen and oxygen atoms in total. The van der Waals surface area contributed by atoms with E-state index in [1.165, 1.54) is 16.4 Å². The summed E-state index contributed by atoms with van der Waals surface area (Å²) in [5.41, 5.74) is 0.818. The Morgan fingerprint density at radius 2 is 1.78 bits per heavy atom. The number of benzene rings is 2. The summed E-state index contributed by atoms with van der Waals surface area (Å²) in [4.78, 5) is 11.4. The van der Waals surface area contributed by atoms with Gasteiger partial charge in [0.15, 0.2) is 5.16 Å². The van der Waals surface area contributed by atoms with E-state index in [0.717, 1.165) is 48.5 Å². The van der Waals surface area contributed by atoms with E-state index in [2.05, 4.69) is 10.2 Å². The van der Waals surface area contributed by atoms with Crippen molar-refractivity contribution in [1.29, 1.82) is 0 Å². The van der Waals surface area contributed by atoms with Crippen molar-refractivity contribution in [1.82, 2.24) is 19.1 Å². The third-order valence-electron chi connectivity index (χ3n) is 5.41. The average Bonchev–Trinajstić information content (AvgIpc) is 3.14. The zero-order chi connectivity index (χ0) is 22.7. The first-order valence-corrected chi connectivity index (χ1v) is 12.5. The van der Waals surface area contributed by atoms with Gasteiger partial charge in [-0.3, -0.25) is 10.1 Å². The van der Waals surface area contributed by atoms with E-state index < -0.39 is 14.9 Å². The standard InChI is InChI=1S/C21H23N5O4S2/c1-24-20(14-16-8-4-2-5-9-16)22-23-21(24)31-19-11-10-17(15-18(19)26(27)28)32(29,30)25-12-6-3-7-13-25/h2,4-5,8-11,15H,3,6-7,12-14H2,1H3. The third-order valence-corrected chi connectivity index (χ3v) is 8.41. The Morgan fingerprint density at radius 3 is 2.47 bits per heavy atom. The first-order valence-electron chi connectivity index (χ1n) is 10.2. The monoisotopic (exact) mass is 473 g/mol. The Kier molecular flexibility index (Phi) is 6.58. The topological polar surface area (TPSA) is 111 Å². The van der Waals surface area contributed by atoms with E-state index in [0.29, 0.717) is 29.6 Å². The lowest BCUT2D eigenvalue weighted by molar-refractivity contribution is -0.388. The molecule has 0 N–H and O–H groups in total. The summed E-state index contributed by atoms with van der Waals surface area (Å²) in [6.07, 6.45) is 3.17. The fraction of sp³-hybridized carbons (Fsp3) is 0.333. The molecule has 3 aromatic rings. The molecule has 2 aromatic carbocycles. The lowest BCUT2D eigenvalue weighted by Gasteiger charge is -2.25. The van der Waals surface area contributed by atoms with Crippen LogP contribution < -0.4 is 0 Å². The lowest BCUT2D eigenvalue weighted by Crippen LogP contribution is -2.35. The number of hydrogen-bond acceptors (Lipinski definition) is 7. The van der Waals surface area contributed by atoms with E-state index in [9.17, 15) is 18.5 Å². The molecule has 0 bridgehead atoms. The van der Waals surface area contributed by atoms with Crippen molar-refractivity contribution in [3.05, 3.63) is 70.0 Å². The number of nitro benzene ring substituents is 1. The highest BCUT2D eigenvalue weighted by Crippen LogP contribution is 2.36. The van der Waals surface area contributed by atoms with Crippen LogP contribution in [0.2, 0.25) is 0 Å². The van der Waals surface area contributed by atoms with Crippen molar-refractivity contribution in [2.24, 2.45) is 7.05 Å². The van der Waals surface area contributed by atoms with Gasteiger partial charge < -0.3 is 4.57 Å². The van der Waals surface area contributed by atoms with Gasteiger partial charge in [0.1, 0.15) is 5.82 Å². The van der Waals surface area contributed by atoms with Gasteiger partial charge in [-0.2, -0.15) is 4.31 Å². The van der Waals surface area contributed by atoms with Gasteiger partial charge in [-0.15, -0.1) is 10.2 Å². The summed E-state index contributed by atoms with van der Waals surface area (Å²) in [7, 11) is -1.95. The van der Waals surface area contributed by atoms with E-state index in [1.54, 1.807) is 4.57 Å². The molecular weight excluding hydrogens is 450 g/mol. The molecule has 0 aliphatic carbocycles. The summed E-state index contributed by atoms with van der Waals surface area (Å²) in [6.45, 7) is 0.880. The van der Waals surface area contributed by atoms with Crippen molar-refractivity contribution in [2.45, 2.75) is 40.6 Å². The maximum absolute atomic E-state index is 12.9. The zero-order valence-electron chi connectivity index (χ0n) is 17.5. The fourth-order valence-electron chi connectivity index (χ4n) is 3.61. The number of nitro groups is 1. The minimum absolute atomic E-state index is 0.0572. The number of hydrogen-bond donors (Lipinski definition) is 0. The fourth-order valence-corrected chi connectivity index (χ4v) is 6.04. The highest BCUT2D eigenvalue weighted by Gasteiger charge is 2.29. The summed E-state index contributed by atoms with van der Waals surface area (Å²) in [6, 6.07) is 13.9. The molecule has 32 heavy (non-hydrogen) atoms. The summed E-state index contributed by atoms with van der Waals surface area (Å²) < 4.78 is 29.1. The van der Waals surface area contributed by atoms with Gasteiger partial charge >= 0.3 is 0 Å². The number of sulfonamides is 1. The Bertz CT molecular complexity index is 1220. The van der Waals surface area contributed by atoms with Gasteiger partial charge in [0.2, 0.25) is 10.0 Å². The zero-order valence-corrected chi connectivity index (χ0v) is 19.2. The van der Waals surface area contributed by atoms with E-state index in [-0.39, 0.29) is 10.6 Å². The van der Waals surface area contributed by atoms with Gasteiger partial charge in [0, 0.05) is 32.6 Å². The Labute approximate surface area is 190 Å². The number of rotatable bonds is 7. The van der Waals surface area contributed by atoms with Gasteiger partial charge in [-0.05, 0) is 42.3 Å². The van der Waals surface area contributed by atoms with Crippen LogP contribution in [0.25, 0.3) is 0 Å². The highest BCUT2D eigenvalue weighted by molar-refractivity contribution is 7.99. The first-order chi connectivity index (χ1) is 15.4. The molecule has 168 valence electrons. The van der Waals surface area contributed by atoms with Crippen LogP contribution in [0.1, 0.15) is 30.7 Å². The average molecular weight is 474 g/mol. The Balaban J connectivity index is 1.60. The SMILES string of the molecule is Cn1c(Cc2ccccc2)nnc1Sc1ccc(S(=O)(=O)N2CCCCC2)cc1[N+](=O)[O-]. The number of nitrogens with zero attached hydrogens (tertiary/aromatic N) is 5. The Morgan fingerprint density at radius 1 is 1.06 bits per heavy atom.